The fourth-order valence-electron chi connectivity index (χ4n) is 2.60. The largest absolute Gasteiger partial charge is 0.481 e. The summed E-state index contributed by atoms with van der Waals surface area (Å²) in [6.45, 7) is 5.83. The number of piperidine rings is 1. The summed E-state index contributed by atoms with van der Waals surface area (Å²) >= 11 is 0. The van der Waals surface area contributed by atoms with Gasteiger partial charge in [-0.2, -0.15) is 0 Å². The maximum atomic E-state index is 12.3. The summed E-state index contributed by atoms with van der Waals surface area (Å²) in [7, 11) is 0. The number of rotatable bonds is 7. The van der Waals surface area contributed by atoms with Gasteiger partial charge in [-0.1, -0.05) is 6.92 Å². The number of carboxylic acid groups (broad SMARTS) is 1. The predicted octanol–water partition coefficient (Wildman–Crippen LogP) is 1.90. The van der Waals surface area contributed by atoms with Crippen LogP contribution in [0.15, 0.2) is 0 Å². The first-order chi connectivity index (χ1) is 9.08. The molecule has 5 nitrogen and oxygen atoms in total. The summed E-state index contributed by atoms with van der Waals surface area (Å²) < 4.78 is 5.45. The summed E-state index contributed by atoms with van der Waals surface area (Å²) in [5.74, 6) is -0.387. The van der Waals surface area contributed by atoms with E-state index in [-0.39, 0.29) is 18.4 Å². The highest BCUT2D eigenvalue weighted by molar-refractivity contribution is 5.81. The molecule has 2 atom stereocenters. The molecule has 1 N–H and O–H groups in total. The Balaban J connectivity index is 2.48. The quantitative estimate of drug-likeness (QED) is 0.768. The molecule has 0 aromatic rings. The molecule has 0 aromatic carbocycles. The summed E-state index contributed by atoms with van der Waals surface area (Å²) in [5.41, 5.74) is 0. The second kappa shape index (κ2) is 8.15. The third-order valence-electron chi connectivity index (χ3n) is 3.61. The van der Waals surface area contributed by atoms with Crippen LogP contribution in [-0.2, 0) is 14.3 Å². The van der Waals surface area contributed by atoms with E-state index >= 15 is 0 Å². The molecule has 0 aromatic heterocycles. The minimum absolute atomic E-state index is 0.0596. The van der Waals surface area contributed by atoms with E-state index in [4.69, 9.17) is 9.84 Å². The van der Waals surface area contributed by atoms with E-state index < -0.39 is 5.97 Å². The molecule has 1 amide bonds. The average molecular weight is 271 g/mol. The van der Waals surface area contributed by atoms with Crippen LogP contribution in [0.25, 0.3) is 0 Å². The molecule has 1 heterocycles. The first-order valence-corrected chi connectivity index (χ1v) is 7.20. The predicted molar refractivity (Wildman–Crippen MR) is 71.9 cm³/mol. The summed E-state index contributed by atoms with van der Waals surface area (Å²) in [4.78, 5) is 24.7. The van der Waals surface area contributed by atoms with Gasteiger partial charge in [0.15, 0.2) is 0 Å². The van der Waals surface area contributed by atoms with Crippen LogP contribution in [0.1, 0.15) is 46.0 Å². The number of carboxylic acids is 1. The van der Waals surface area contributed by atoms with Gasteiger partial charge in [0, 0.05) is 26.1 Å². The van der Waals surface area contributed by atoms with Gasteiger partial charge in [0.05, 0.1) is 0 Å². The average Bonchev–Trinajstić information content (AvgIpc) is 2.42. The normalized spacial score (nSPS) is 21.2. The van der Waals surface area contributed by atoms with Crippen LogP contribution in [0, 0.1) is 5.92 Å². The van der Waals surface area contributed by atoms with Crippen LogP contribution in [-0.4, -0.2) is 47.7 Å². The highest BCUT2D eigenvalue weighted by Gasteiger charge is 2.28. The van der Waals surface area contributed by atoms with Crippen molar-refractivity contribution in [1.29, 1.82) is 0 Å². The molecule has 1 aliphatic heterocycles. The van der Waals surface area contributed by atoms with E-state index in [0.717, 1.165) is 19.4 Å². The third-order valence-corrected chi connectivity index (χ3v) is 3.61. The van der Waals surface area contributed by atoms with E-state index in [2.05, 4.69) is 0 Å². The number of ether oxygens (including phenoxy) is 1. The van der Waals surface area contributed by atoms with Gasteiger partial charge in [0.1, 0.15) is 6.10 Å². The number of carbonyl (C=O) groups excluding carboxylic acids is 1. The van der Waals surface area contributed by atoms with E-state index in [0.29, 0.717) is 31.9 Å². The Bertz CT molecular complexity index is 306. The number of amides is 1. The maximum absolute atomic E-state index is 12.3. The molecule has 1 saturated heterocycles. The van der Waals surface area contributed by atoms with E-state index in [1.165, 1.54) is 0 Å². The first kappa shape index (κ1) is 16.0. The fraction of sp³-hybridized carbons (Fsp3) is 0.857. The molecule has 1 aliphatic rings. The summed E-state index contributed by atoms with van der Waals surface area (Å²) in [5, 5.41) is 8.71. The van der Waals surface area contributed by atoms with Crippen molar-refractivity contribution >= 4 is 11.9 Å². The number of likely N-dealkylation sites (tertiary alicyclic amines) is 1. The number of nitrogens with zero attached hydrogens (tertiary/aromatic N) is 1. The Hall–Kier alpha value is -1.10. The van der Waals surface area contributed by atoms with E-state index in [1.54, 1.807) is 0 Å². The van der Waals surface area contributed by atoms with Crippen LogP contribution in [0.3, 0.4) is 0 Å². The van der Waals surface area contributed by atoms with E-state index in [1.807, 2.05) is 18.7 Å². The van der Waals surface area contributed by atoms with Crippen molar-refractivity contribution in [3.8, 4) is 0 Å². The second-order valence-electron chi connectivity index (χ2n) is 5.08. The molecule has 110 valence electrons. The van der Waals surface area contributed by atoms with Gasteiger partial charge < -0.3 is 14.7 Å². The van der Waals surface area contributed by atoms with Gasteiger partial charge in [-0.3, -0.25) is 9.59 Å². The molecule has 1 rings (SSSR count). The SMILES string of the molecule is CCOC(CC)C(=O)N1CCCC(CCC(=O)O)C1. The minimum atomic E-state index is -0.760. The molecule has 2 unspecified atom stereocenters. The summed E-state index contributed by atoms with van der Waals surface area (Å²) in [6, 6.07) is 0. The van der Waals surface area contributed by atoms with Gasteiger partial charge in [-0.15, -0.1) is 0 Å². The number of hydrogen-bond acceptors (Lipinski definition) is 3. The zero-order valence-corrected chi connectivity index (χ0v) is 11.9. The number of hydrogen-bond donors (Lipinski definition) is 1. The van der Waals surface area contributed by atoms with Crippen molar-refractivity contribution < 1.29 is 19.4 Å². The Kier molecular flexibility index (Phi) is 6.84. The maximum Gasteiger partial charge on any atom is 0.303 e. The summed E-state index contributed by atoms with van der Waals surface area (Å²) in [6.07, 6.45) is 3.16. The zero-order valence-electron chi connectivity index (χ0n) is 11.9. The number of aliphatic carboxylic acids is 1. The van der Waals surface area contributed by atoms with Crippen molar-refractivity contribution in [1.82, 2.24) is 4.90 Å². The monoisotopic (exact) mass is 271 g/mol. The first-order valence-electron chi connectivity index (χ1n) is 7.20. The van der Waals surface area contributed by atoms with Crippen LogP contribution in [0.5, 0.6) is 0 Å². The van der Waals surface area contributed by atoms with Gasteiger partial charge in [-0.25, -0.2) is 0 Å². The highest BCUT2D eigenvalue weighted by Crippen LogP contribution is 2.22. The van der Waals surface area contributed by atoms with Crippen molar-refractivity contribution in [2.75, 3.05) is 19.7 Å². The van der Waals surface area contributed by atoms with Gasteiger partial charge in [0.2, 0.25) is 0 Å². The number of carbonyl (C=O) groups is 2. The van der Waals surface area contributed by atoms with Crippen LogP contribution < -0.4 is 0 Å². The Morgan fingerprint density at radius 2 is 2.16 bits per heavy atom. The van der Waals surface area contributed by atoms with Crippen molar-refractivity contribution in [3.63, 3.8) is 0 Å². The van der Waals surface area contributed by atoms with Gasteiger partial charge >= 0.3 is 5.97 Å². The molecular weight excluding hydrogens is 246 g/mol. The lowest BCUT2D eigenvalue weighted by molar-refractivity contribution is -0.145. The standard InChI is InChI=1S/C14H25NO4/c1-3-12(19-4-2)14(18)15-9-5-6-11(10-15)7-8-13(16)17/h11-12H,3-10H2,1-2H3,(H,16,17). The van der Waals surface area contributed by atoms with Crippen LogP contribution in [0.2, 0.25) is 0 Å². The molecule has 0 spiro atoms. The van der Waals surface area contributed by atoms with Crippen molar-refractivity contribution in [2.45, 2.75) is 52.1 Å². The minimum Gasteiger partial charge on any atom is -0.481 e. The van der Waals surface area contributed by atoms with E-state index in [9.17, 15) is 9.59 Å². The molecule has 0 bridgehead atoms. The third kappa shape index (κ3) is 5.19. The smallest absolute Gasteiger partial charge is 0.303 e. The molecule has 0 saturated carbocycles. The molecule has 19 heavy (non-hydrogen) atoms. The Labute approximate surface area is 114 Å². The molecule has 0 radical (unpaired) electrons. The Morgan fingerprint density at radius 1 is 1.42 bits per heavy atom. The zero-order chi connectivity index (χ0) is 14.3. The Morgan fingerprint density at radius 3 is 2.74 bits per heavy atom. The molecular formula is C14H25NO4. The fourth-order valence-corrected chi connectivity index (χ4v) is 2.60. The lowest BCUT2D eigenvalue weighted by atomic mass is 9.93. The van der Waals surface area contributed by atoms with Gasteiger partial charge in [0.25, 0.3) is 5.91 Å². The molecule has 1 fully saturated rings. The van der Waals surface area contributed by atoms with Gasteiger partial charge in [-0.05, 0) is 38.5 Å². The lowest BCUT2D eigenvalue weighted by Gasteiger charge is -2.34. The van der Waals surface area contributed by atoms with Crippen LogP contribution >= 0.6 is 0 Å². The van der Waals surface area contributed by atoms with Crippen LogP contribution in [0.4, 0.5) is 0 Å². The molecule has 5 heteroatoms. The lowest BCUT2D eigenvalue weighted by Crippen LogP contribution is -2.45. The van der Waals surface area contributed by atoms with Crippen molar-refractivity contribution in [3.05, 3.63) is 0 Å². The highest BCUT2D eigenvalue weighted by atomic mass is 16.5. The second-order valence-corrected chi connectivity index (χ2v) is 5.08. The van der Waals surface area contributed by atoms with Crippen molar-refractivity contribution in [2.24, 2.45) is 5.92 Å². The molecule has 0 aliphatic carbocycles. The topological polar surface area (TPSA) is 66.8 Å².